The van der Waals surface area contributed by atoms with Crippen molar-refractivity contribution in [2.75, 3.05) is 33.3 Å². The van der Waals surface area contributed by atoms with Crippen molar-refractivity contribution in [3.05, 3.63) is 65.0 Å². The minimum atomic E-state index is -0.464. The van der Waals surface area contributed by atoms with E-state index in [0.29, 0.717) is 24.4 Å². The Kier molecular flexibility index (Phi) is 7.07. The third-order valence-corrected chi connectivity index (χ3v) is 5.08. The molecule has 7 heteroatoms. The lowest BCUT2D eigenvalue weighted by Gasteiger charge is -2.23. The second kappa shape index (κ2) is 9.93. The molecule has 2 amide bonds. The van der Waals surface area contributed by atoms with Crippen LogP contribution in [0, 0.1) is 0 Å². The van der Waals surface area contributed by atoms with E-state index in [1.54, 1.807) is 30.1 Å². The van der Waals surface area contributed by atoms with E-state index >= 15 is 0 Å². The molecule has 0 N–H and O–H groups in total. The summed E-state index contributed by atoms with van der Waals surface area (Å²) in [4.78, 5) is 39.6. The highest BCUT2D eigenvalue weighted by Crippen LogP contribution is 2.29. The summed E-state index contributed by atoms with van der Waals surface area (Å²) < 4.78 is 10.9. The molecular weight excluding hydrogens is 396 g/mol. The van der Waals surface area contributed by atoms with Crippen LogP contribution < -0.4 is 10.4 Å². The highest BCUT2D eigenvalue weighted by Gasteiger charge is 2.17. The number of hydrogen-bond donors (Lipinski definition) is 0. The van der Waals surface area contributed by atoms with Gasteiger partial charge in [-0.1, -0.05) is 30.3 Å². The quantitative estimate of drug-likeness (QED) is 0.521. The largest absolute Gasteiger partial charge is 0.484 e. The maximum absolute atomic E-state index is 12.4. The van der Waals surface area contributed by atoms with Crippen LogP contribution in [0.25, 0.3) is 22.1 Å². The predicted molar refractivity (Wildman–Crippen MR) is 119 cm³/mol. The first kappa shape index (κ1) is 22.1. The van der Waals surface area contributed by atoms with Gasteiger partial charge >= 0.3 is 5.63 Å². The minimum absolute atomic E-state index is 0.00307. The van der Waals surface area contributed by atoms with Gasteiger partial charge in [0.05, 0.1) is 6.54 Å². The Balaban J connectivity index is 1.72. The van der Waals surface area contributed by atoms with Crippen LogP contribution in [0.3, 0.4) is 0 Å². The molecule has 0 saturated heterocycles. The van der Waals surface area contributed by atoms with Crippen molar-refractivity contribution in [3.63, 3.8) is 0 Å². The number of carbonyl (C=O) groups is 2. The molecule has 7 nitrogen and oxygen atoms in total. The SMILES string of the molecule is CCN(CC)C(=O)CN(C)C(=O)COc1ccc2c(-c3ccccc3)cc(=O)oc2c1. The van der Waals surface area contributed by atoms with Gasteiger partial charge in [0.15, 0.2) is 6.61 Å². The average molecular weight is 422 g/mol. The smallest absolute Gasteiger partial charge is 0.336 e. The van der Waals surface area contributed by atoms with Crippen LogP contribution in [0.4, 0.5) is 0 Å². The van der Waals surface area contributed by atoms with Gasteiger partial charge in [-0.2, -0.15) is 0 Å². The van der Waals surface area contributed by atoms with Crippen LogP contribution in [0.2, 0.25) is 0 Å². The molecule has 0 atom stereocenters. The Morgan fingerprint density at radius 2 is 1.68 bits per heavy atom. The van der Waals surface area contributed by atoms with E-state index in [0.717, 1.165) is 16.5 Å². The van der Waals surface area contributed by atoms with E-state index in [9.17, 15) is 14.4 Å². The highest BCUT2D eigenvalue weighted by atomic mass is 16.5. The Hall–Kier alpha value is -3.61. The number of likely N-dealkylation sites (N-methyl/N-ethyl adjacent to an activating group) is 2. The fraction of sp³-hybridized carbons (Fsp3) is 0.292. The van der Waals surface area contributed by atoms with Gasteiger partial charge in [-0.05, 0) is 37.1 Å². The van der Waals surface area contributed by atoms with Gasteiger partial charge in [-0.3, -0.25) is 9.59 Å². The van der Waals surface area contributed by atoms with E-state index < -0.39 is 5.63 Å². The van der Waals surface area contributed by atoms with Gasteiger partial charge < -0.3 is 19.0 Å². The molecule has 31 heavy (non-hydrogen) atoms. The molecular formula is C24H26N2O5. The fourth-order valence-electron chi connectivity index (χ4n) is 3.31. The molecule has 0 radical (unpaired) electrons. The summed E-state index contributed by atoms with van der Waals surface area (Å²) in [5.41, 5.74) is 1.59. The van der Waals surface area contributed by atoms with E-state index in [-0.39, 0.29) is 25.0 Å². The first-order valence-electron chi connectivity index (χ1n) is 10.2. The number of benzene rings is 2. The van der Waals surface area contributed by atoms with Crippen molar-refractivity contribution < 1.29 is 18.7 Å². The van der Waals surface area contributed by atoms with Crippen molar-refractivity contribution in [1.29, 1.82) is 0 Å². The lowest BCUT2D eigenvalue weighted by atomic mass is 10.0. The van der Waals surface area contributed by atoms with Crippen LogP contribution in [0.15, 0.2) is 63.8 Å². The van der Waals surface area contributed by atoms with Gasteiger partial charge in [-0.25, -0.2) is 4.79 Å². The zero-order chi connectivity index (χ0) is 22.4. The number of amides is 2. The molecule has 2 aromatic carbocycles. The zero-order valence-electron chi connectivity index (χ0n) is 18.0. The number of rotatable bonds is 8. The molecule has 0 aliphatic rings. The highest BCUT2D eigenvalue weighted by molar-refractivity contribution is 5.93. The second-order valence-electron chi connectivity index (χ2n) is 7.11. The molecule has 1 aromatic heterocycles. The summed E-state index contributed by atoms with van der Waals surface area (Å²) in [6, 6.07) is 16.1. The summed E-state index contributed by atoms with van der Waals surface area (Å²) >= 11 is 0. The number of nitrogens with zero attached hydrogens (tertiary/aromatic N) is 2. The molecule has 0 fully saturated rings. The molecule has 1 heterocycles. The van der Waals surface area contributed by atoms with Crippen LogP contribution in [-0.4, -0.2) is 54.9 Å². The number of hydrogen-bond acceptors (Lipinski definition) is 5. The normalized spacial score (nSPS) is 10.7. The third-order valence-electron chi connectivity index (χ3n) is 5.08. The Bertz CT molecular complexity index is 1120. The first-order valence-corrected chi connectivity index (χ1v) is 10.2. The monoisotopic (exact) mass is 422 g/mol. The van der Waals surface area contributed by atoms with Crippen LogP contribution in [0.5, 0.6) is 5.75 Å². The zero-order valence-corrected chi connectivity index (χ0v) is 18.0. The molecule has 0 bridgehead atoms. The van der Waals surface area contributed by atoms with Crippen molar-refractivity contribution in [1.82, 2.24) is 9.80 Å². The van der Waals surface area contributed by atoms with Crippen LogP contribution in [-0.2, 0) is 9.59 Å². The minimum Gasteiger partial charge on any atom is -0.484 e. The lowest BCUT2D eigenvalue weighted by Crippen LogP contribution is -2.42. The molecule has 0 aliphatic carbocycles. The topological polar surface area (TPSA) is 80.1 Å². The Morgan fingerprint density at radius 1 is 0.968 bits per heavy atom. The summed E-state index contributed by atoms with van der Waals surface area (Å²) in [5, 5.41) is 0.770. The van der Waals surface area contributed by atoms with Crippen LogP contribution >= 0.6 is 0 Å². The van der Waals surface area contributed by atoms with Crippen molar-refractivity contribution in [3.8, 4) is 16.9 Å². The van der Waals surface area contributed by atoms with E-state index in [1.165, 1.54) is 11.0 Å². The maximum Gasteiger partial charge on any atom is 0.336 e. The number of ether oxygens (including phenoxy) is 1. The average Bonchev–Trinajstić information content (AvgIpc) is 2.77. The molecule has 0 saturated carbocycles. The van der Waals surface area contributed by atoms with Crippen LogP contribution in [0.1, 0.15) is 13.8 Å². The first-order chi connectivity index (χ1) is 14.9. The lowest BCUT2D eigenvalue weighted by molar-refractivity contribution is -0.140. The number of fused-ring (bicyclic) bond motifs is 1. The van der Waals surface area contributed by atoms with Gasteiger partial charge in [-0.15, -0.1) is 0 Å². The van der Waals surface area contributed by atoms with Gasteiger partial charge in [0.1, 0.15) is 11.3 Å². The molecule has 3 rings (SSSR count). The fourth-order valence-corrected chi connectivity index (χ4v) is 3.31. The molecule has 0 unspecified atom stereocenters. The van der Waals surface area contributed by atoms with Gasteiger partial charge in [0.2, 0.25) is 5.91 Å². The summed E-state index contributed by atoms with van der Waals surface area (Å²) in [6.07, 6.45) is 0. The second-order valence-corrected chi connectivity index (χ2v) is 7.11. The van der Waals surface area contributed by atoms with Crippen molar-refractivity contribution in [2.45, 2.75) is 13.8 Å². The summed E-state index contributed by atoms with van der Waals surface area (Å²) in [6.45, 7) is 4.76. The molecule has 162 valence electrons. The molecule has 3 aromatic rings. The van der Waals surface area contributed by atoms with E-state index in [1.807, 2.05) is 44.2 Å². The third kappa shape index (κ3) is 5.31. The summed E-state index contributed by atoms with van der Waals surface area (Å²) in [7, 11) is 1.57. The standard InChI is InChI=1S/C24H26N2O5/c1-4-26(5-2)22(27)15-25(3)23(28)16-30-18-11-12-19-20(17-9-7-6-8-10-17)14-24(29)31-21(19)13-18/h6-14H,4-5,15-16H2,1-3H3. The Morgan fingerprint density at radius 3 is 2.35 bits per heavy atom. The van der Waals surface area contributed by atoms with Gasteiger partial charge in [0, 0.05) is 37.7 Å². The summed E-state index contributed by atoms with van der Waals surface area (Å²) in [5.74, 6) is -0.0282. The predicted octanol–water partition coefficient (Wildman–Crippen LogP) is 3.17. The van der Waals surface area contributed by atoms with Gasteiger partial charge in [0.25, 0.3) is 5.91 Å². The Labute approximate surface area is 180 Å². The van der Waals surface area contributed by atoms with Crippen molar-refractivity contribution >= 4 is 22.8 Å². The van der Waals surface area contributed by atoms with E-state index in [2.05, 4.69) is 0 Å². The maximum atomic E-state index is 12.4. The van der Waals surface area contributed by atoms with E-state index in [4.69, 9.17) is 9.15 Å². The molecule has 0 spiro atoms. The molecule has 0 aliphatic heterocycles. The number of carbonyl (C=O) groups excluding carboxylic acids is 2. The van der Waals surface area contributed by atoms with Crippen molar-refractivity contribution in [2.24, 2.45) is 0 Å².